The van der Waals surface area contributed by atoms with E-state index < -0.39 is 0 Å². The van der Waals surface area contributed by atoms with Gasteiger partial charge in [-0.2, -0.15) is 0 Å². The Bertz CT molecular complexity index is 294. The molecular weight excluding hydrogens is 218 g/mol. The predicted octanol–water partition coefficient (Wildman–Crippen LogP) is 5.09. The van der Waals surface area contributed by atoms with E-state index in [1.165, 1.54) is 44.1 Å². The topological polar surface area (TPSA) is 12.0 Å². The minimum Gasteiger partial charge on any atom is -0.307 e. The molecule has 0 amide bonds. The van der Waals surface area contributed by atoms with E-state index in [0.29, 0.717) is 12.1 Å². The van der Waals surface area contributed by atoms with Gasteiger partial charge in [0.2, 0.25) is 0 Å². The molecule has 1 nitrogen and oxygen atoms in total. The van der Waals surface area contributed by atoms with E-state index >= 15 is 0 Å². The van der Waals surface area contributed by atoms with Gasteiger partial charge in [0.05, 0.1) is 0 Å². The molecule has 1 heteroatoms. The second-order valence-corrected chi connectivity index (χ2v) is 5.32. The number of nitrogens with one attached hydrogen (secondary N) is 1. The van der Waals surface area contributed by atoms with Gasteiger partial charge in [-0.3, -0.25) is 0 Å². The minimum absolute atomic E-state index is 0.521. The highest BCUT2D eigenvalue weighted by molar-refractivity contribution is 5.18. The zero-order valence-corrected chi connectivity index (χ0v) is 12.3. The summed E-state index contributed by atoms with van der Waals surface area (Å²) in [6.07, 6.45) is 7.76. The van der Waals surface area contributed by atoms with Gasteiger partial charge in [-0.15, -0.1) is 0 Å². The van der Waals surface area contributed by atoms with Crippen LogP contribution in [0.15, 0.2) is 30.3 Å². The number of unbranched alkanes of at least 4 members (excludes halogenated alkanes) is 2. The molecule has 1 N–H and O–H groups in total. The molecule has 0 aromatic heterocycles. The molecule has 18 heavy (non-hydrogen) atoms. The van der Waals surface area contributed by atoms with Crippen LogP contribution in [0.4, 0.5) is 0 Å². The van der Waals surface area contributed by atoms with Crippen molar-refractivity contribution in [2.45, 2.75) is 71.4 Å². The van der Waals surface area contributed by atoms with E-state index in [2.05, 4.69) is 56.4 Å². The summed E-state index contributed by atoms with van der Waals surface area (Å²) >= 11 is 0. The molecule has 2 atom stereocenters. The van der Waals surface area contributed by atoms with Crippen molar-refractivity contribution in [2.24, 2.45) is 0 Å². The first-order valence-electron chi connectivity index (χ1n) is 7.58. The molecule has 1 aromatic carbocycles. The van der Waals surface area contributed by atoms with Gasteiger partial charge in [-0.25, -0.2) is 0 Å². The summed E-state index contributed by atoms with van der Waals surface area (Å²) in [5, 5.41) is 3.79. The van der Waals surface area contributed by atoms with Crippen LogP contribution in [0.1, 0.15) is 70.9 Å². The van der Waals surface area contributed by atoms with Crippen molar-refractivity contribution in [1.82, 2.24) is 5.32 Å². The van der Waals surface area contributed by atoms with Crippen LogP contribution in [0, 0.1) is 0 Å². The Labute approximate surface area is 113 Å². The molecule has 0 saturated carbocycles. The Hall–Kier alpha value is -0.820. The van der Waals surface area contributed by atoms with Crippen LogP contribution >= 0.6 is 0 Å². The fourth-order valence-corrected chi connectivity index (χ4v) is 2.45. The highest BCUT2D eigenvalue weighted by Gasteiger charge is 2.12. The summed E-state index contributed by atoms with van der Waals surface area (Å²) in [5.41, 5.74) is 1.43. The van der Waals surface area contributed by atoms with E-state index in [9.17, 15) is 0 Å². The van der Waals surface area contributed by atoms with E-state index in [4.69, 9.17) is 0 Å². The lowest BCUT2D eigenvalue weighted by atomic mass is 10.0. The van der Waals surface area contributed by atoms with Gasteiger partial charge in [0.1, 0.15) is 0 Å². The highest BCUT2D eigenvalue weighted by atomic mass is 14.9. The van der Waals surface area contributed by atoms with Crippen molar-refractivity contribution in [3.8, 4) is 0 Å². The standard InChI is InChI=1S/C17H29N/c1-4-6-8-12-15(3)18-17(11-5-2)16-13-9-7-10-14-16/h7,9-10,13-15,17-18H,4-6,8,11-12H2,1-3H3. The van der Waals surface area contributed by atoms with Gasteiger partial charge in [0.15, 0.2) is 0 Å². The molecule has 0 aliphatic heterocycles. The zero-order valence-electron chi connectivity index (χ0n) is 12.3. The van der Waals surface area contributed by atoms with Crippen molar-refractivity contribution in [3.63, 3.8) is 0 Å². The summed E-state index contributed by atoms with van der Waals surface area (Å²) in [5.74, 6) is 0. The molecule has 0 aliphatic carbocycles. The summed E-state index contributed by atoms with van der Waals surface area (Å²) in [6, 6.07) is 12.0. The van der Waals surface area contributed by atoms with Crippen LogP contribution in [0.5, 0.6) is 0 Å². The van der Waals surface area contributed by atoms with Crippen molar-refractivity contribution in [1.29, 1.82) is 0 Å². The fourth-order valence-electron chi connectivity index (χ4n) is 2.45. The molecule has 0 spiro atoms. The summed E-state index contributed by atoms with van der Waals surface area (Å²) < 4.78 is 0. The average Bonchev–Trinajstić information content (AvgIpc) is 2.39. The number of benzene rings is 1. The molecule has 0 fully saturated rings. The highest BCUT2D eigenvalue weighted by Crippen LogP contribution is 2.19. The van der Waals surface area contributed by atoms with E-state index in [1.807, 2.05) is 0 Å². The van der Waals surface area contributed by atoms with E-state index in [1.54, 1.807) is 0 Å². The molecule has 0 bridgehead atoms. The molecule has 2 unspecified atom stereocenters. The van der Waals surface area contributed by atoms with Gasteiger partial charge < -0.3 is 5.32 Å². The monoisotopic (exact) mass is 247 g/mol. The largest absolute Gasteiger partial charge is 0.307 e. The van der Waals surface area contributed by atoms with Gasteiger partial charge in [0.25, 0.3) is 0 Å². The first kappa shape index (κ1) is 15.2. The maximum atomic E-state index is 3.79. The van der Waals surface area contributed by atoms with Gasteiger partial charge in [-0.05, 0) is 25.3 Å². The lowest BCUT2D eigenvalue weighted by molar-refractivity contribution is 0.404. The smallest absolute Gasteiger partial charge is 0.0322 e. The number of hydrogen-bond acceptors (Lipinski definition) is 1. The first-order chi connectivity index (χ1) is 8.77. The molecule has 1 rings (SSSR count). The maximum absolute atomic E-state index is 3.79. The van der Waals surface area contributed by atoms with Crippen LogP contribution in [0.2, 0.25) is 0 Å². The maximum Gasteiger partial charge on any atom is 0.0322 e. The summed E-state index contributed by atoms with van der Waals surface area (Å²) in [4.78, 5) is 0. The van der Waals surface area contributed by atoms with Gasteiger partial charge in [0, 0.05) is 12.1 Å². The minimum atomic E-state index is 0.521. The first-order valence-corrected chi connectivity index (χ1v) is 7.58. The van der Waals surface area contributed by atoms with Crippen molar-refractivity contribution < 1.29 is 0 Å². The third kappa shape index (κ3) is 5.68. The summed E-state index contributed by atoms with van der Waals surface area (Å²) in [7, 11) is 0. The normalized spacial score (nSPS) is 14.4. The molecule has 0 aliphatic rings. The van der Waals surface area contributed by atoms with Crippen LogP contribution in [0.3, 0.4) is 0 Å². The predicted molar refractivity (Wildman–Crippen MR) is 80.8 cm³/mol. The Balaban J connectivity index is 2.47. The number of rotatable bonds is 9. The Morgan fingerprint density at radius 2 is 1.67 bits per heavy atom. The van der Waals surface area contributed by atoms with E-state index in [0.717, 1.165) is 0 Å². The molecule has 1 aromatic rings. The Kier molecular flexibility index (Phi) is 7.75. The SMILES string of the molecule is CCCCCC(C)NC(CCC)c1ccccc1. The molecule has 102 valence electrons. The second-order valence-electron chi connectivity index (χ2n) is 5.32. The van der Waals surface area contributed by atoms with Gasteiger partial charge >= 0.3 is 0 Å². The zero-order chi connectivity index (χ0) is 13.2. The van der Waals surface area contributed by atoms with Gasteiger partial charge in [-0.1, -0.05) is 69.9 Å². The van der Waals surface area contributed by atoms with Crippen LogP contribution < -0.4 is 5.32 Å². The second kappa shape index (κ2) is 9.16. The quantitative estimate of drug-likeness (QED) is 0.600. The van der Waals surface area contributed by atoms with Crippen LogP contribution in [0.25, 0.3) is 0 Å². The number of hydrogen-bond donors (Lipinski definition) is 1. The molecule has 0 heterocycles. The third-order valence-electron chi connectivity index (χ3n) is 3.51. The Morgan fingerprint density at radius 1 is 0.944 bits per heavy atom. The van der Waals surface area contributed by atoms with Crippen LogP contribution in [-0.2, 0) is 0 Å². The average molecular weight is 247 g/mol. The van der Waals surface area contributed by atoms with Crippen molar-refractivity contribution in [3.05, 3.63) is 35.9 Å². The van der Waals surface area contributed by atoms with Crippen LogP contribution in [-0.4, -0.2) is 6.04 Å². The van der Waals surface area contributed by atoms with Crippen molar-refractivity contribution >= 4 is 0 Å². The lowest BCUT2D eigenvalue weighted by Gasteiger charge is -2.23. The Morgan fingerprint density at radius 3 is 2.28 bits per heavy atom. The summed E-state index contributed by atoms with van der Waals surface area (Å²) in [6.45, 7) is 6.85. The third-order valence-corrected chi connectivity index (χ3v) is 3.51. The van der Waals surface area contributed by atoms with E-state index in [-0.39, 0.29) is 0 Å². The fraction of sp³-hybridized carbons (Fsp3) is 0.647. The molecule has 0 radical (unpaired) electrons. The molecular formula is C17H29N. The lowest BCUT2D eigenvalue weighted by Crippen LogP contribution is -2.30. The van der Waals surface area contributed by atoms with Crippen molar-refractivity contribution in [2.75, 3.05) is 0 Å². The molecule has 0 saturated heterocycles.